The number of nitrogens with one attached hydrogen (secondary N) is 1. The largest absolute Gasteiger partial charge is 0.493 e. The number of methoxy groups -OCH3 is 2. The van der Waals surface area contributed by atoms with Crippen molar-refractivity contribution in [2.24, 2.45) is 5.92 Å². The summed E-state index contributed by atoms with van der Waals surface area (Å²) in [6, 6.07) is 10.4. The van der Waals surface area contributed by atoms with Crippen LogP contribution in [0, 0.1) is 19.8 Å². The molecule has 1 saturated heterocycles. The van der Waals surface area contributed by atoms with Gasteiger partial charge in [-0.1, -0.05) is 12.1 Å². The van der Waals surface area contributed by atoms with Gasteiger partial charge in [0.2, 0.25) is 15.9 Å². The Morgan fingerprint density at radius 3 is 2.50 bits per heavy atom. The Bertz CT molecular complexity index is 1040. The van der Waals surface area contributed by atoms with Gasteiger partial charge in [-0.15, -0.1) is 0 Å². The lowest BCUT2D eigenvalue weighted by Gasteiger charge is -2.31. The minimum absolute atomic E-state index is 0.121. The second-order valence-corrected chi connectivity index (χ2v) is 9.46. The number of aryl methyl sites for hydroxylation is 2. The van der Waals surface area contributed by atoms with Gasteiger partial charge in [0.15, 0.2) is 11.5 Å². The summed E-state index contributed by atoms with van der Waals surface area (Å²) in [5.74, 6) is 0.241. The molecule has 1 unspecified atom stereocenters. The lowest BCUT2D eigenvalue weighted by atomic mass is 9.98. The second-order valence-electron chi connectivity index (χ2n) is 7.53. The van der Waals surface area contributed by atoms with Gasteiger partial charge in [0.05, 0.1) is 25.0 Å². The van der Waals surface area contributed by atoms with E-state index in [2.05, 4.69) is 5.32 Å². The van der Waals surface area contributed by atoms with Gasteiger partial charge in [-0.3, -0.25) is 4.79 Å². The average Bonchev–Trinajstić information content (AvgIpc) is 2.75. The van der Waals surface area contributed by atoms with E-state index < -0.39 is 15.9 Å². The predicted octanol–water partition coefficient (Wildman–Crippen LogP) is 3.36. The van der Waals surface area contributed by atoms with Gasteiger partial charge in [-0.2, -0.15) is 4.31 Å². The van der Waals surface area contributed by atoms with Crippen LogP contribution in [-0.4, -0.2) is 45.9 Å². The molecule has 30 heavy (non-hydrogen) atoms. The monoisotopic (exact) mass is 432 g/mol. The minimum atomic E-state index is -3.76. The van der Waals surface area contributed by atoms with Crippen LogP contribution >= 0.6 is 0 Å². The zero-order valence-corrected chi connectivity index (χ0v) is 18.6. The lowest BCUT2D eigenvalue weighted by molar-refractivity contribution is -0.120. The Kier molecular flexibility index (Phi) is 6.67. The van der Waals surface area contributed by atoms with E-state index in [1.807, 2.05) is 32.0 Å². The summed E-state index contributed by atoms with van der Waals surface area (Å²) in [5, 5.41) is 2.97. The van der Waals surface area contributed by atoms with Crippen molar-refractivity contribution in [3.8, 4) is 11.5 Å². The molecule has 0 saturated carbocycles. The first-order chi connectivity index (χ1) is 14.3. The molecule has 0 spiro atoms. The SMILES string of the molecule is COc1ccc(S(=O)(=O)N2CCCC(C(=O)Nc3cc(C)ccc3C)C2)cc1OC. The number of hydrogen-bond donors (Lipinski definition) is 1. The van der Waals surface area contributed by atoms with Crippen molar-refractivity contribution in [2.75, 3.05) is 32.6 Å². The maximum atomic E-state index is 13.2. The second kappa shape index (κ2) is 9.06. The minimum Gasteiger partial charge on any atom is -0.493 e. The molecule has 1 fully saturated rings. The first kappa shape index (κ1) is 22.1. The third kappa shape index (κ3) is 4.60. The Morgan fingerprint density at radius 1 is 1.07 bits per heavy atom. The van der Waals surface area contributed by atoms with Gasteiger partial charge in [0, 0.05) is 24.8 Å². The Balaban J connectivity index is 1.78. The summed E-state index contributed by atoms with van der Waals surface area (Å²) in [7, 11) is -0.799. The van der Waals surface area contributed by atoms with E-state index in [-0.39, 0.29) is 17.3 Å². The maximum absolute atomic E-state index is 13.2. The third-order valence-corrected chi connectivity index (χ3v) is 7.26. The molecule has 1 amide bonds. The highest BCUT2D eigenvalue weighted by molar-refractivity contribution is 7.89. The molecule has 0 aliphatic carbocycles. The molecule has 3 rings (SSSR count). The van der Waals surface area contributed by atoms with Crippen LogP contribution in [0.4, 0.5) is 5.69 Å². The molecule has 162 valence electrons. The standard InChI is InChI=1S/C22H28N2O5S/c1-15-7-8-16(2)19(12-15)23-22(25)17-6-5-11-24(14-17)30(26,27)18-9-10-20(28-3)21(13-18)29-4/h7-10,12-13,17H,5-6,11,14H2,1-4H3,(H,23,25). The Morgan fingerprint density at radius 2 is 1.80 bits per heavy atom. The fraction of sp³-hybridized carbons (Fsp3) is 0.409. The van der Waals surface area contributed by atoms with Crippen molar-refractivity contribution >= 4 is 21.6 Å². The number of ether oxygens (including phenoxy) is 2. The summed E-state index contributed by atoms with van der Waals surface area (Å²) in [6.07, 6.45) is 1.27. The molecule has 2 aromatic rings. The molecule has 1 aliphatic heterocycles. The fourth-order valence-corrected chi connectivity index (χ4v) is 5.15. The number of carbonyl (C=O) groups excluding carboxylic acids is 1. The highest BCUT2D eigenvalue weighted by atomic mass is 32.2. The van der Waals surface area contributed by atoms with E-state index in [1.54, 1.807) is 6.07 Å². The van der Waals surface area contributed by atoms with Crippen LogP contribution in [0.25, 0.3) is 0 Å². The first-order valence-corrected chi connectivity index (χ1v) is 11.3. The van der Waals surface area contributed by atoms with Crippen molar-refractivity contribution in [1.29, 1.82) is 0 Å². The number of carbonyl (C=O) groups is 1. The molecule has 1 N–H and O–H groups in total. The number of rotatable bonds is 6. The number of nitrogens with zero attached hydrogens (tertiary/aromatic N) is 1. The zero-order chi connectivity index (χ0) is 21.9. The zero-order valence-electron chi connectivity index (χ0n) is 17.8. The molecule has 0 radical (unpaired) electrons. The van der Waals surface area contributed by atoms with Crippen molar-refractivity contribution in [1.82, 2.24) is 4.31 Å². The fourth-order valence-electron chi connectivity index (χ4n) is 3.61. The lowest BCUT2D eigenvalue weighted by Crippen LogP contribution is -2.43. The highest BCUT2D eigenvalue weighted by Crippen LogP contribution is 2.32. The summed E-state index contributed by atoms with van der Waals surface area (Å²) in [6.45, 7) is 4.42. The third-order valence-electron chi connectivity index (χ3n) is 5.40. The van der Waals surface area contributed by atoms with Gasteiger partial charge in [-0.25, -0.2) is 8.42 Å². The number of piperidine rings is 1. The predicted molar refractivity (Wildman–Crippen MR) is 116 cm³/mol. The number of hydrogen-bond acceptors (Lipinski definition) is 5. The van der Waals surface area contributed by atoms with Crippen LogP contribution in [-0.2, 0) is 14.8 Å². The van der Waals surface area contributed by atoms with E-state index in [4.69, 9.17) is 9.47 Å². The van der Waals surface area contributed by atoms with Crippen LogP contribution in [0.15, 0.2) is 41.3 Å². The van der Waals surface area contributed by atoms with E-state index >= 15 is 0 Å². The number of sulfonamides is 1. The Labute approximate surface area is 178 Å². The van der Waals surface area contributed by atoms with Crippen LogP contribution in [0.5, 0.6) is 11.5 Å². The van der Waals surface area contributed by atoms with Crippen molar-refractivity contribution in [2.45, 2.75) is 31.6 Å². The average molecular weight is 433 g/mol. The van der Waals surface area contributed by atoms with E-state index in [1.165, 1.54) is 30.7 Å². The maximum Gasteiger partial charge on any atom is 0.243 e. The summed E-state index contributed by atoms with van der Waals surface area (Å²) in [5.41, 5.74) is 2.79. The van der Waals surface area contributed by atoms with Gasteiger partial charge < -0.3 is 14.8 Å². The molecule has 8 heteroatoms. The molecule has 1 heterocycles. The summed E-state index contributed by atoms with van der Waals surface area (Å²) in [4.78, 5) is 13.0. The van der Waals surface area contributed by atoms with Crippen molar-refractivity contribution in [3.63, 3.8) is 0 Å². The van der Waals surface area contributed by atoms with Crippen LogP contribution in [0.3, 0.4) is 0 Å². The summed E-state index contributed by atoms with van der Waals surface area (Å²) >= 11 is 0. The van der Waals surface area contributed by atoms with Gasteiger partial charge in [0.1, 0.15) is 0 Å². The van der Waals surface area contributed by atoms with E-state index in [9.17, 15) is 13.2 Å². The molecule has 7 nitrogen and oxygen atoms in total. The van der Waals surface area contributed by atoms with Crippen LogP contribution in [0.1, 0.15) is 24.0 Å². The van der Waals surface area contributed by atoms with Gasteiger partial charge in [-0.05, 0) is 56.0 Å². The van der Waals surface area contributed by atoms with Crippen molar-refractivity contribution < 1.29 is 22.7 Å². The quantitative estimate of drug-likeness (QED) is 0.757. The molecule has 0 bridgehead atoms. The van der Waals surface area contributed by atoms with E-state index in [0.29, 0.717) is 30.9 Å². The van der Waals surface area contributed by atoms with Crippen LogP contribution in [0.2, 0.25) is 0 Å². The van der Waals surface area contributed by atoms with Gasteiger partial charge in [0.25, 0.3) is 0 Å². The molecule has 2 aromatic carbocycles. The molecule has 0 aromatic heterocycles. The van der Waals surface area contributed by atoms with Crippen molar-refractivity contribution in [3.05, 3.63) is 47.5 Å². The number of amides is 1. The smallest absolute Gasteiger partial charge is 0.243 e. The molecule has 1 atom stereocenters. The molecular formula is C22H28N2O5S. The van der Waals surface area contributed by atoms with Gasteiger partial charge >= 0.3 is 0 Å². The highest BCUT2D eigenvalue weighted by Gasteiger charge is 2.34. The summed E-state index contributed by atoms with van der Waals surface area (Å²) < 4.78 is 38.2. The number of benzene rings is 2. The Hall–Kier alpha value is -2.58. The van der Waals surface area contributed by atoms with E-state index in [0.717, 1.165) is 16.8 Å². The molecular weight excluding hydrogens is 404 g/mol. The normalized spacial score (nSPS) is 17.4. The topological polar surface area (TPSA) is 84.9 Å². The molecule has 1 aliphatic rings. The van der Waals surface area contributed by atoms with Crippen LogP contribution < -0.4 is 14.8 Å². The number of anilines is 1. The first-order valence-electron chi connectivity index (χ1n) is 9.86.